The van der Waals surface area contributed by atoms with Crippen molar-refractivity contribution in [2.75, 3.05) is 27.1 Å². The first-order chi connectivity index (χ1) is 14.6. The summed E-state index contributed by atoms with van der Waals surface area (Å²) >= 11 is 0. The molecule has 2 atom stereocenters. The zero-order valence-electron chi connectivity index (χ0n) is 17.3. The lowest BCUT2D eigenvalue weighted by Gasteiger charge is -2.39. The minimum Gasteiger partial charge on any atom is -0.493 e. The van der Waals surface area contributed by atoms with E-state index in [1.807, 2.05) is 43.3 Å². The molecule has 1 N–H and O–H groups in total. The molecule has 2 heterocycles. The molecule has 2 unspecified atom stereocenters. The maximum atomic E-state index is 12.1. The number of ether oxygens (including phenoxy) is 4. The van der Waals surface area contributed by atoms with Gasteiger partial charge < -0.3 is 24.1 Å². The highest BCUT2D eigenvalue weighted by Crippen LogP contribution is 2.41. The molecule has 0 radical (unpaired) electrons. The molecule has 30 heavy (non-hydrogen) atoms. The van der Waals surface area contributed by atoms with Crippen LogP contribution in [0.4, 0.5) is 0 Å². The third-order valence-electron chi connectivity index (χ3n) is 5.68. The van der Waals surface area contributed by atoms with Crippen molar-refractivity contribution in [3.05, 3.63) is 47.5 Å². The lowest BCUT2D eigenvalue weighted by atomic mass is 9.91. The van der Waals surface area contributed by atoms with Gasteiger partial charge in [0.1, 0.15) is 6.04 Å². The zero-order valence-corrected chi connectivity index (χ0v) is 17.3. The van der Waals surface area contributed by atoms with Gasteiger partial charge in [-0.1, -0.05) is 18.6 Å². The van der Waals surface area contributed by atoms with Crippen LogP contribution in [-0.4, -0.2) is 49.1 Å². The van der Waals surface area contributed by atoms with Crippen LogP contribution >= 0.6 is 0 Å². The van der Waals surface area contributed by atoms with Crippen LogP contribution in [0, 0.1) is 0 Å². The average molecular weight is 413 g/mol. The number of aliphatic carboxylic acids is 1. The molecular weight excluding hydrogens is 386 g/mol. The van der Waals surface area contributed by atoms with Gasteiger partial charge in [0, 0.05) is 0 Å². The van der Waals surface area contributed by atoms with E-state index in [0.717, 1.165) is 24.0 Å². The molecule has 0 amide bonds. The van der Waals surface area contributed by atoms with Gasteiger partial charge in [0.2, 0.25) is 6.79 Å². The minimum atomic E-state index is -0.793. The maximum Gasteiger partial charge on any atom is 0.320 e. The van der Waals surface area contributed by atoms with E-state index in [9.17, 15) is 9.90 Å². The fourth-order valence-electron chi connectivity index (χ4n) is 4.32. The summed E-state index contributed by atoms with van der Waals surface area (Å²) in [6.07, 6.45) is 2.50. The summed E-state index contributed by atoms with van der Waals surface area (Å²) < 4.78 is 22.3. The van der Waals surface area contributed by atoms with Crippen LogP contribution in [0.2, 0.25) is 0 Å². The van der Waals surface area contributed by atoms with Gasteiger partial charge >= 0.3 is 5.97 Å². The molecule has 2 aliphatic rings. The third kappa shape index (κ3) is 3.89. The highest BCUT2D eigenvalue weighted by Gasteiger charge is 2.36. The normalized spacial score (nSPS) is 19.3. The zero-order chi connectivity index (χ0) is 21.1. The van der Waals surface area contributed by atoms with Crippen LogP contribution in [-0.2, 0) is 4.79 Å². The Bertz CT molecular complexity index is 915. The molecule has 0 spiro atoms. The van der Waals surface area contributed by atoms with Gasteiger partial charge in [0.25, 0.3) is 0 Å². The molecule has 0 aliphatic carbocycles. The minimum absolute atomic E-state index is 0.196. The number of methoxy groups -OCH3 is 1. The topological polar surface area (TPSA) is 77.5 Å². The molecule has 2 aromatic carbocycles. The predicted molar refractivity (Wildman–Crippen MR) is 111 cm³/mol. The first-order valence-electron chi connectivity index (χ1n) is 10.3. The summed E-state index contributed by atoms with van der Waals surface area (Å²) in [7, 11) is 1.61. The summed E-state index contributed by atoms with van der Waals surface area (Å²) in [5, 5.41) is 9.90. The van der Waals surface area contributed by atoms with Crippen LogP contribution in [0.15, 0.2) is 36.4 Å². The van der Waals surface area contributed by atoms with Crippen LogP contribution in [0.3, 0.4) is 0 Å². The molecule has 0 saturated carbocycles. The lowest BCUT2D eigenvalue weighted by Crippen LogP contribution is -2.46. The Morgan fingerprint density at radius 1 is 1.13 bits per heavy atom. The SMILES string of the molecule is CCOc1cc(C(c2ccc3c(c2)OCO3)N2CCCCC2C(=O)O)ccc1OC. The second kappa shape index (κ2) is 8.83. The lowest BCUT2D eigenvalue weighted by molar-refractivity contribution is -0.145. The Labute approximate surface area is 176 Å². The van der Waals surface area contributed by atoms with Crippen molar-refractivity contribution in [1.29, 1.82) is 0 Å². The molecule has 2 aliphatic heterocycles. The fourth-order valence-corrected chi connectivity index (χ4v) is 4.32. The maximum absolute atomic E-state index is 12.1. The smallest absolute Gasteiger partial charge is 0.320 e. The van der Waals surface area contributed by atoms with E-state index in [1.165, 1.54) is 0 Å². The molecule has 160 valence electrons. The van der Waals surface area contributed by atoms with Crippen molar-refractivity contribution >= 4 is 5.97 Å². The standard InChI is InChI=1S/C23H27NO6/c1-3-28-20-12-15(7-9-18(20)27-2)22(24-11-5-4-6-17(24)23(25)26)16-8-10-19-21(13-16)30-14-29-19/h7-10,12-13,17,22H,3-6,11,14H2,1-2H3,(H,25,26). The number of fused-ring (bicyclic) bond motifs is 1. The first kappa shape index (κ1) is 20.3. The van der Waals surface area contributed by atoms with Gasteiger partial charge in [0.15, 0.2) is 23.0 Å². The van der Waals surface area contributed by atoms with Gasteiger partial charge in [-0.25, -0.2) is 0 Å². The number of piperidine rings is 1. The van der Waals surface area contributed by atoms with Crippen molar-refractivity contribution in [1.82, 2.24) is 4.90 Å². The highest BCUT2D eigenvalue weighted by atomic mass is 16.7. The van der Waals surface area contributed by atoms with E-state index >= 15 is 0 Å². The second-order valence-electron chi connectivity index (χ2n) is 7.45. The third-order valence-corrected chi connectivity index (χ3v) is 5.68. The van der Waals surface area contributed by atoms with E-state index < -0.39 is 12.0 Å². The van der Waals surface area contributed by atoms with Crippen LogP contribution in [0.1, 0.15) is 43.4 Å². The summed E-state index contributed by atoms with van der Waals surface area (Å²) in [6, 6.07) is 10.8. The number of likely N-dealkylation sites (tertiary alicyclic amines) is 1. The summed E-state index contributed by atoms with van der Waals surface area (Å²) in [5.41, 5.74) is 1.91. The first-order valence-corrected chi connectivity index (χ1v) is 10.3. The van der Waals surface area contributed by atoms with E-state index in [-0.39, 0.29) is 12.8 Å². The van der Waals surface area contributed by atoms with Crippen LogP contribution in [0.5, 0.6) is 23.0 Å². The number of benzene rings is 2. The number of nitrogens with zero attached hydrogens (tertiary/aromatic N) is 1. The van der Waals surface area contributed by atoms with E-state index in [1.54, 1.807) is 7.11 Å². The van der Waals surface area contributed by atoms with Gasteiger partial charge in [-0.15, -0.1) is 0 Å². The molecule has 7 nitrogen and oxygen atoms in total. The van der Waals surface area contributed by atoms with Crippen molar-refractivity contribution in [2.45, 2.75) is 38.3 Å². The summed E-state index contributed by atoms with van der Waals surface area (Å²) in [6.45, 7) is 3.33. The molecule has 7 heteroatoms. The Morgan fingerprint density at radius 2 is 1.90 bits per heavy atom. The van der Waals surface area contributed by atoms with E-state index in [2.05, 4.69) is 4.90 Å². The number of hydrogen-bond donors (Lipinski definition) is 1. The largest absolute Gasteiger partial charge is 0.493 e. The molecular formula is C23H27NO6. The van der Waals surface area contributed by atoms with Crippen molar-refractivity contribution < 1.29 is 28.8 Å². The van der Waals surface area contributed by atoms with Gasteiger partial charge in [0.05, 0.1) is 19.8 Å². The Balaban J connectivity index is 1.81. The number of carboxylic acid groups (broad SMARTS) is 1. The average Bonchev–Trinajstić information content (AvgIpc) is 3.23. The molecule has 0 bridgehead atoms. The number of hydrogen-bond acceptors (Lipinski definition) is 6. The number of rotatable bonds is 7. The fraction of sp³-hybridized carbons (Fsp3) is 0.435. The quantitative estimate of drug-likeness (QED) is 0.739. The van der Waals surface area contributed by atoms with E-state index in [0.29, 0.717) is 42.6 Å². The molecule has 1 saturated heterocycles. The molecule has 0 aromatic heterocycles. The number of carboxylic acids is 1. The van der Waals surface area contributed by atoms with Crippen LogP contribution < -0.4 is 18.9 Å². The van der Waals surface area contributed by atoms with Crippen molar-refractivity contribution in [3.8, 4) is 23.0 Å². The number of carbonyl (C=O) groups is 1. The molecule has 1 fully saturated rings. The van der Waals surface area contributed by atoms with Crippen LogP contribution in [0.25, 0.3) is 0 Å². The Kier molecular flexibility index (Phi) is 5.99. The van der Waals surface area contributed by atoms with Crippen molar-refractivity contribution in [2.24, 2.45) is 0 Å². The Morgan fingerprint density at radius 3 is 2.67 bits per heavy atom. The summed E-state index contributed by atoms with van der Waals surface area (Å²) in [4.78, 5) is 14.1. The predicted octanol–water partition coefficient (Wildman–Crippen LogP) is 3.85. The summed E-state index contributed by atoms with van der Waals surface area (Å²) in [5.74, 6) is 1.89. The molecule has 2 aromatic rings. The second-order valence-corrected chi connectivity index (χ2v) is 7.45. The van der Waals surface area contributed by atoms with Gasteiger partial charge in [-0.3, -0.25) is 9.69 Å². The highest BCUT2D eigenvalue weighted by molar-refractivity contribution is 5.73. The van der Waals surface area contributed by atoms with Crippen molar-refractivity contribution in [3.63, 3.8) is 0 Å². The molecule has 4 rings (SSSR count). The van der Waals surface area contributed by atoms with Gasteiger partial charge in [-0.05, 0) is 61.7 Å². The monoisotopic (exact) mass is 413 g/mol. The van der Waals surface area contributed by atoms with E-state index in [4.69, 9.17) is 18.9 Å². The Hall–Kier alpha value is -2.93. The van der Waals surface area contributed by atoms with Gasteiger partial charge in [-0.2, -0.15) is 0 Å².